The second-order valence-corrected chi connectivity index (χ2v) is 7.66. The van der Waals surface area contributed by atoms with Gasteiger partial charge in [0.05, 0.1) is 4.88 Å². The second-order valence-electron chi connectivity index (χ2n) is 5.53. The van der Waals surface area contributed by atoms with Crippen LogP contribution in [0.5, 0.6) is 0 Å². The number of hydrogen-bond donors (Lipinski definition) is 1. The van der Waals surface area contributed by atoms with E-state index in [1.54, 1.807) is 11.3 Å². The third-order valence-electron chi connectivity index (χ3n) is 4.35. The molecule has 4 heteroatoms. The zero-order valence-electron chi connectivity index (χ0n) is 11.5. The lowest BCUT2D eigenvalue weighted by atomic mass is 9.79. The molecule has 0 spiro atoms. The summed E-state index contributed by atoms with van der Waals surface area (Å²) < 4.78 is 2.26. The summed E-state index contributed by atoms with van der Waals surface area (Å²) >= 11 is 4.05. The molecule has 3 rings (SSSR count). The lowest BCUT2D eigenvalue weighted by Crippen LogP contribution is -2.34. The molecule has 0 radical (unpaired) electrons. The van der Waals surface area contributed by atoms with Gasteiger partial charge in [0.15, 0.2) is 5.78 Å². The summed E-state index contributed by atoms with van der Waals surface area (Å²) in [7, 11) is 0. The molecular formula is C16H18INOS. The molecule has 1 unspecified atom stereocenters. The normalized spacial score (nSPS) is 22.5. The zero-order chi connectivity index (χ0) is 14.2. The predicted octanol–water partition coefficient (Wildman–Crippen LogP) is 4.20. The molecule has 106 valence electrons. The van der Waals surface area contributed by atoms with E-state index in [4.69, 9.17) is 0 Å². The fraction of sp³-hybridized carbons (Fsp3) is 0.438. The highest BCUT2D eigenvalue weighted by Crippen LogP contribution is 2.39. The minimum Gasteiger partial charge on any atom is -0.316 e. The molecular weight excluding hydrogens is 381 g/mol. The third kappa shape index (κ3) is 2.31. The Balaban J connectivity index is 2.05. The van der Waals surface area contributed by atoms with Crippen molar-refractivity contribution in [3.8, 4) is 0 Å². The molecule has 1 atom stereocenters. The zero-order valence-corrected chi connectivity index (χ0v) is 14.5. The Hall–Kier alpha value is -0.460. The van der Waals surface area contributed by atoms with Crippen LogP contribution in [0.1, 0.15) is 28.1 Å². The largest absolute Gasteiger partial charge is 0.316 e. The SMILES string of the molecule is Cc1c(C(=O)C2(CCI)CCNC2)sc2ccccc12. The number of carbonyl (C=O) groups excluding carboxylic acids is 1. The number of rotatable bonds is 4. The molecule has 1 aromatic heterocycles. The Bertz CT molecular complexity index is 643. The first-order valence-corrected chi connectivity index (χ1v) is 9.32. The van der Waals surface area contributed by atoms with Crippen molar-refractivity contribution in [1.29, 1.82) is 0 Å². The lowest BCUT2D eigenvalue weighted by Gasteiger charge is -2.25. The van der Waals surface area contributed by atoms with E-state index >= 15 is 0 Å². The molecule has 1 fully saturated rings. The molecule has 0 aliphatic carbocycles. The van der Waals surface area contributed by atoms with Crippen LogP contribution in [0.15, 0.2) is 24.3 Å². The van der Waals surface area contributed by atoms with E-state index < -0.39 is 0 Å². The van der Waals surface area contributed by atoms with E-state index in [0.29, 0.717) is 5.78 Å². The number of carbonyl (C=O) groups is 1. The quantitative estimate of drug-likeness (QED) is 0.475. The number of benzene rings is 1. The summed E-state index contributed by atoms with van der Waals surface area (Å²) in [4.78, 5) is 14.1. The van der Waals surface area contributed by atoms with Gasteiger partial charge in [-0.2, -0.15) is 0 Å². The van der Waals surface area contributed by atoms with Gasteiger partial charge in [-0.15, -0.1) is 11.3 Å². The van der Waals surface area contributed by atoms with Gasteiger partial charge in [-0.1, -0.05) is 40.8 Å². The number of nitrogens with one attached hydrogen (secondary N) is 1. The van der Waals surface area contributed by atoms with E-state index in [0.717, 1.165) is 40.8 Å². The molecule has 2 heterocycles. The number of ketones is 1. The van der Waals surface area contributed by atoms with Gasteiger partial charge in [0.2, 0.25) is 0 Å². The first kappa shape index (κ1) is 14.5. The van der Waals surface area contributed by atoms with Crippen LogP contribution >= 0.6 is 33.9 Å². The van der Waals surface area contributed by atoms with Gasteiger partial charge in [-0.05, 0) is 43.3 Å². The Morgan fingerprint density at radius 1 is 1.45 bits per heavy atom. The van der Waals surface area contributed by atoms with Gasteiger partial charge in [-0.25, -0.2) is 0 Å². The van der Waals surface area contributed by atoms with Crippen molar-refractivity contribution in [2.24, 2.45) is 5.41 Å². The highest BCUT2D eigenvalue weighted by Gasteiger charge is 2.42. The molecule has 1 N–H and O–H groups in total. The summed E-state index contributed by atoms with van der Waals surface area (Å²) in [6.07, 6.45) is 1.95. The minimum atomic E-state index is -0.174. The van der Waals surface area contributed by atoms with Crippen molar-refractivity contribution in [2.45, 2.75) is 19.8 Å². The van der Waals surface area contributed by atoms with Crippen LogP contribution in [-0.4, -0.2) is 23.3 Å². The average molecular weight is 399 g/mol. The molecule has 1 saturated heterocycles. The van der Waals surface area contributed by atoms with Gasteiger partial charge >= 0.3 is 0 Å². The highest BCUT2D eigenvalue weighted by atomic mass is 127. The predicted molar refractivity (Wildman–Crippen MR) is 94.3 cm³/mol. The Kier molecular flexibility index (Phi) is 4.15. The topological polar surface area (TPSA) is 29.1 Å². The maximum atomic E-state index is 13.1. The second kappa shape index (κ2) is 5.73. The molecule has 0 bridgehead atoms. The number of halogens is 1. The molecule has 0 saturated carbocycles. The molecule has 1 aromatic carbocycles. The Morgan fingerprint density at radius 2 is 2.25 bits per heavy atom. The standard InChI is InChI=1S/C16H18INOS/c1-11-12-4-2-3-5-13(12)20-14(11)15(19)16(6-8-17)7-9-18-10-16/h2-5,18H,6-10H2,1H3. The number of fused-ring (bicyclic) bond motifs is 1. The monoisotopic (exact) mass is 399 g/mol. The van der Waals surface area contributed by atoms with Gasteiger partial charge in [-0.3, -0.25) is 4.79 Å². The fourth-order valence-electron chi connectivity index (χ4n) is 3.08. The van der Waals surface area contributed by atoms with Crippen molar-refractivity contribution in [1.82, 2.24) is 5.32 Å². The Morgan fingerprint density at radius 3 is 2.90 bits per heavy atom. The highest BCUT2D eigenvalue weighted by molar-refractivity contribution is 14.1. The van der Waals surface area contributed by atoms with Crippen molar-refractivity contribution in [3.63, 3.8) is 0 Å². The first-order valence-electron chi connectivity index (χ1n) is 6.97. The minimum absolute atomic E-state index is 0.174. The molecule has 20 heavy (non-hydrogen) atoms. The van der Waals surface area contributed by atoms with E-state index in [1.165, 1.54) is 10.1 Å². The smallest absolute Gasteiger partial charge is 0.180 e. The van der Waals surface area contributed by atoms with Crippen LogP contribution < -0.4 is 5.32 Å². The summed E-state index contributed by atoms with van der Waals surface area (Å²) in [6, 6.07) is 8.33. The fourth-order valence-corrected chi connectivity index (χ4v) is 5.38. The maximum absolute atomic E-state index is 13.1. The van der Waals surface area contributed by atoms with Gasteiger partial charge < -0.3 is 5.32 Å². The van der Waals surface area contributed by atoms with E-state index in [9.17, 15) is 4.79 Å². The number of Topliss-reactive ketones (excluding diaryl/α,β-unsaturated/α-hetero) is 1. The molecule has 2 aromatic rings. The van der Waals surface area contributed by atoms with Crippen molar-refractivity contribution < 1.29 is 4.79 Å². The van der Waals surface area contributed by atoms with Crippen molar-refractivity contribution in [3.05, 3.63) is 34.7 Å². The summed E-state index contributed by atoms with van der Waals surface area (Å²) in [5, 5.41) is 4.62. The molecule has 2 nitrogen and oxygen atoms in total. The van der Waals surface area contributed by atoms with E-state index in [1.807, 2.05) is 12.1 Å². The average Bonchev–Trinajstić information content (AvgIpc) is 3.05. The van der Waals surface area contributed by atoms with Gasteiger partial charge in [0.1, 0.15) is 0 Å². The maximum Gasteiger partial charge on any atom is 0.180 e. The number of thiophene rings is 1. The molecule has 0 amide bonds. The number of hydrogen-bond acceptors (Lipinski definition) is 3. The van der Waals surface area contributed by atoms with Crippen LogP contribution in [0, 0.1) is 12.3 Å². The summed E-state index contributed by atoms with van der Waals surface area (Å²) in [6.45, 7) is 3.89. The van der Waals surface area contributed by atoms with E-state index in [2.05, 4.69) is 47.0 Å². The van der Waals surface area contributed by atoms with Crippen LogP contribution in [0.3, 0.4) is 0 Å². The van der Waals surface area contributed by atoms with Crippen molar-refractivity contribution >= 4 is 49.8 Å². The van der Waals surface area contributed by atoms with Crippen LogP contribution in [0.25, 0.3) is 10.1 Å². The summed E-state index contributed by atoms with van der Waals surface area (Å²) in [5.41, 5.74) is 0.989. The van der Waals surface area contributed by atoms with Crippen molar-refractivity contribution in [2.75, 3.05) is 17.5 Å². The Labute approximate surface area is 137 Å². The number of alkyl halides is 1. The molecule has 1 aliphatic heterocycles. The van der Waals surface area contributed by atoms with Crippen LogP contribution in [0.2, 0.25) is 0 Å². The van der Waals surface area contributed by atoms with Gasteiger partial charge in [0.25, 0.3) is 0 Å². The van der Waals surface area contributed by atoms with Crippen LogP contribution in [0.4, 0.5) is 0 Å². The third-order valence-corrected chi connectivity index (χ3v) is 6.16. The first-order chi connectivity index (χ1) is 9.68. The van der Waals surface area contributed by atoms with Crippen LogP contribution in [-0.2, 0) is 0 Å². The lowest BCUT2D eigenvalue weighted by molar-refractivity contribution is 0.0817. The van der Waals surface area contributed by atoms with Gasteiger partial charge in [0, 0.05) is 21.1 Å². The summed E-state index contributed by atoms with van der Waals surface area (Å²) in [5.74, 6) is 0.359. The van der Waals surface area contributed by atoms with E-state index in [-0.39, 0.29) is 5.41 Å². The molecule has 1 aliphatic rings. The number of aryl methyl sites for hydroxylation is 1.